The highest BCUT2D eigenvalue weighted by molar-refractivity contribution is 9.10. The number of nitrogens with zero attached hydrogens (tertiary/aromatic N) is 11. The lowest BCUT2D eigenvalue weighted by molar-refractivity contribution is 0.100. The molecule has 0 aliphatic rings. The predicted octanol–water partition coefficient (Wildman–Crippen LogP) is 19.8. The van der Waals surface area contributed by atoms with E-state index in [9.17, 15) is 4.79 Å². The molecule has 8 heterocycles. The minimum absolute atomic E-state index is 0.0227. The number of benzene rings is 2. The average molecular weight is 1370 g/mol. The maximum absolute atomic E-state index is 10.9. The van der Waals surface area contributed by atoms with Gasteiger partial charge in [-0.25, -0.2) is 19.9 Å². The molecule has 0 spiro atoms. The van der Waals surface area contributed by atoms with Crippen molar-refractivity contribution < 1.29 is 13.8 Å². The summed E-state index contributed by atoms with van der Waals surface area (Å²) in [6, 6.07) is 20.9. The molecule has 95 heavy (non-hydrogen) atoms. The number of hydrogen-bond acceptors (Lipinski definition) is 11. The van der Waals surface area contributed by atoms with Gasteiger partial charge in [-0.3, -0.25) is 4.79 Å². The highest BCUT2D eigenvalue weighted by atomic mass is 79.9. The summed E-state index contributed by atoms with van der Waals surface area (Å²) in [6.07, 6.45) is 15.4. The van der Waals surface area contributed by atoms with Crippen molar-refractivity contribution in [3.8, 4) is 22.8 Å². The number of halogens is 1. The number of aryl methyl sites for hydroxylation is 6. The summed E-state index contributed by atoms with van der Waals surface area (Å²) in [5.41, 5.74) is 15.9. The molecule has 3 N–H and O–H groups in total. The Balaban J connectivity index is 0.000000285. The number of Topliss-reactive ketones (excluding diaryl/α,β-unsaturated/α-hetero) is 1. The van der Waals surface area contributed by atoms with Crippen LogP contribution in [0.15, 0.2) is 124 Å². The van der Waals surface area contributed by atoms with Crippen LogP contribution in [0.2, 0.25) is 0 Å². The average Bonchev–Trinajstić information content (AvgIpc) is 1.56. The number of H-pyrrole nitrogens is 3. The van der Waals surface area contributed by atoms with Gasteiger partial charge < -0.3 is 37.7 Å². The first-order chi connectivity index (χ1) is 43.3. The van der Waals surface area contributed by atoms with Gasteiger partial charge in [0.2, 0.25) is 23.4 Å². The van der Waals surface area contributed by atoms with Crippen molar-refractivity contribution >= 4 is 21.7 Å². The van der Waals surface area contributed by atoms with E-state index in [1.165, 1.54) is 52.0 Å². The zero-order valence-electron chi connectivity index (χ0n) is 63.9. The molecule has 0 bridgehead atoms. The van der Waals surface area contributed by atoms with Crippen molar-refractivity contribution in [3.05, 3.63) is 189 Å². The standard InChI is InChI=1S/2C13H16N2O.C9H14N2O.2C9H15N.C8H13BrN2.2C8H14N2/c1-9-14-12(15-16-9)10-5-7-11(8-6-10)13(2,3)4;1-9-14-12(15-16-9)10-6-5-7-11(8-10)13(2,3)4;1-6(12)8-10-5-7(11-8)9(2,3)4;2*1-7-5-8(6-10-7)9(2,3)4;1-8(2,3)6-5-10-7(9)11(6)4;1-8(2,3)7-5-10(4)6-9-7;1-8(2,3)7-5-9-6-10(7)4/h2*5-8H,1-4H3;5H,1-4H3,(H,10,11);2*5-6,10H,1-4H3;5H,1-4H3;2*5-6H,1-4H3. The van der Waals surface area contributed by atoms with Crippen LogP contribution in [0.3, 0.4) is 0 Å². The maximum Gasteiger partial charge on any atom is 0.223 e. The molecule has 2 aromatic carbocycles. The summed E-state index contributed by atoms with van der Waals surface area (Å²) >= 11 is 3.36. The number of aromatic nitrogens is 14. The third-order valence-corrected chi connectivity index (χ3v) is 15.7. The van der Waals surface area contributed by atoms with Crippen LogP contribution >= 0.6 is 15.9 Å². The van der Waals surface area contributed by atoms with Gasteiger partial charge in [0.1, 0.15) is 0 Å². The number of carbonyl (C=O) groups is 1. The molecule has 0 aliphatic carbocycles. The number of hydrogen-bond donors (Lipinski definition) is 3. The van der Waals surface area contributed by atoms with Crippen molar-refractivity contribution in [2.75, 3.05) is 0 Å². The molecule has 8 aromatic heterocycles. The molecule has 0 aliphatic heterocycles. The number of nitrogens with one attached hydrogen (secondary N) is 3. The van der Waals surface area contributed by atoms with E-state index in [0.717, 1.165) is 27.2 Å². The van der Waals surface area contributed by atoms with Crippen LogP contribution in [0.4, 0.5) is 0 Å². The molecule has 520 valence electrons. The zero-order valence-corrected chi connectivity index (χ0v) is 65.5. The maximum atomic E-state index is 10.9. The zero-order chi connectivity index (χ0) is 72.6. The second-order valence-electron chi connectivity index (χ2n) is 32.6. The van der Waals surface area contributed by atoms with Gasteiger partial charge in [0, 0.05) is 140 Å². The van der Waals surface area contributed by atoms with Crippen LogP contribution in [0, 0.1) is 27.7 Å². The lowest BCUT2D eigenvalue weighted by atomic mass is 9.86. The quantitative estimate of drug-likeness (QED) is 0.142. The Bertz CT molecular complexity index is 3770. The summed E-state index contributed by atoms with van der Waals surface area (Å²) in [7, 11) is 6.02. The van der Waals surface area contributed by atoms with Gasteiger partial charge in [0.15, 0.2) is 16.3 Å². The molecule has 10 rings (SSSR count). The predicted molar refractivity (Wildman–Crippen MR) is 396 cm³/mol. The topological polar surface area (TPSA) is 209 Å². The van der Waals surface area contributed by atoms with Crippen LogP contribution in [-0.4, -0.2) is 74.7 Å². The monoisotopic (exact) mass is 1360 g/mol. The number of carbonyl (C=O) groups excluding carboxylic acids is 1. The highest BCUT2D eigenvalue weighted by Crippen LogP contribution is 2.29. The van der Waals surface area contributed by atoms with Crippen molar-refractivity contribution in [1.82, 2.24) is 68.9 Å². The number of rotatable bonds is 3. The molecule has 0 atom stereocenters. The van der Waals surface area contributed by atoms with E-state index < -0.39 is 0 Å². The Morgan fingerprint density at radius 2 is 0.958 bits per heavy atom. The SMILES string of the molecule is CC(=O)c1ncc(C(C)(C)C)[nH]1.Cc1cc(C(C)(C)C)c[nH]1.Cc1cc(C(C)(C)C)c[nH]1.Cc1nc(-c2ccc(C(C)(C)C)cc2)no1.Cc1nc(-c2cccc(C(C)(C)C)c2)no1.Cn1c(C(C)(C)C)cnc1Br.Cn1cnc(C(C)(C)C)c1.Cn1cncc1C(C)(C)C. The van der Waals surface area contributed by atoms with E-state index in [4.69, 9.17) is 9.05 Å². The summed E-state index contributed by atoms with van der Waals surface area (Å²) in [5.74, 6) is 2.91. The molecule has 17 nitrogen and oxygen atoms in total. The van der Waals surface area contributed by atoms with Crippen molar-refractivity contribution in [2.24, 2.45) is 21.1 Å². The molecule has 0 saturated carbocycles. The van der Waals surface area contributed by atoms with E-state index in [1.54, 1.807) is 20.0 Å². The molecule has 0 amide bonds. The fourth-order valence-electron chi connectivity index (χ4n) is 8.80. The van der Waals surface area contributed by atoms with Crippen molar-refractivity contribution in [1.29, 1.82) is 0 Å². The lowest BCUT2D eigenvalue weighted by Gasteiger charge is -2.19. The van der Waals surface area contributed by atoms with E-state index in [2.05, 4.69) is 315 Å². The fraction of sp³-hybridized carbons (Fsp3) is 0.519. The third kappa shape index (κ3) is 27.5. The molecular weight excluding hydrogens is 1250 g/mol. The molecule has 10 aromatic rings. The Morgan fingerprint density at radius 1 is 0.484 bits per heavy atom. The first-order valence-electron chi connectivity index (χ1n) is 32.6. The van der Waals surface area contributed by atoms with Crippen LogP contribution in [0.5, 0.6) is 0 Å². The minimum atomic E-state index is -0.0227. The Hall–Kier alpha value is -7.73. The molecule has 0 saturated heterocycles. The number of aromatic amines is 3. The van der Waals surface area contributed by atoms with Gasteiger partial charge in [0.25, 0.3) is 0 Å². The first kappa shape index (κ1) is 81.5. The van der Waals surface area contributed by atoms with Crippen LogP contribution in [0.1, 0.15) is 252 Å². The smallest absolute Gasteiger partial charge is 0.223 e. The van der Waals surface area contributed by atoms with E-state index in [-0.39, 0.29) is 49.1 Å². The second kappa shape index (κ2) is 33.3. The van der Waals surface area contributed by atoms with Crippen molar-refractivity contribution in [3.63, 3.8) is 0 Å². The Kier molecular flexibility index (Phi) is 28.6. The molecule has 0 fully saturated rings. The van der Waals surface area contributed by atoms with Crippen LogP contribution < -0.4 is 0 Å². The Morgan fingerprint density at radius 3 is 1.22 bits per heavy atom. The summed E-state index contributed by atoms with van der Waals surface area (Å²) in [4.78, 5) is 45.1. The minimum Gasteiger partial charge on any atom is -0.365 e. The third-order valence-electron chi connectivity index (χ3n) is 14.9. The molecular formula is C77H117BrN14O3. The van der Waals surface area contributed by atoms with Crippen LogP contribution in [-0.2, 0) is 64.5 Å². The fourth-order valence-corrected chi connectivity index (χ4v) is 9.10. The summed E-state index contributed by atoms with van der Waals surface area (Å²) < 4.78 is 16.9. The molecule has 0 radical (unpaired) electrons. The summed E-state index contributed by atoms with van der Waals surface area (Å²) in [6.45, 7) is 61.5. The normalized spacial score (nSPS) is 11.9. The second-order valence-corrected chi connectivity index (χ2v) is 33.3. The largest absolute Gasteiger partial charge is 0.365 e. The lowest BCUT2D eigenvalue weighted by Crippen LogP contribution is -2.15. The molecule has 0 unspecified atom stereocenters. The van der Waals surface area contributed by atoms with Gasteiger partial charge >= 0.3 is 0 Å². The van der Waals surface area contributed by atoms with Gasteiger partial charge in [-0.15, -0.1) is 0 Å². The van der Waals surface area contributed by atoms with E-state index >= 15 is 0 Å². The van der Waals surface area contributed by atoms with Crippen LogP contribution in [0.25, 0.3) is 22.8 Å². The Labute approximate surface area is 578 Å². The van der Waals surface area contributed by atoms with Gasteiger partial charge in [-0.2, -0.15) is 9.97 Å². The van der Waals surface area contributed by atoms with E-state index in [1.807, 2.05) is 75.0 Å². The van der Waals surface area contributed by atoms with Gasteiger partial charge in [-0.1, -0.05) is 219 Å². The van der Waals surface area contributed by atoms with Gasteiger partial charge in [0.05, 0.1) is 18.3 Å². The summed E-state index contributed by atoms with van der Waals surface area (Å²) in [5, 5.41) is 7.81. The van der Waals surface area contributed by atoms with Crippen molar-refractivity contribution in [2.45, 2.75) is 244 Å². The molecule has 18 heteroatoms. The van der Waals surface area contributed by atoms with E-state index in [0.29, 0.717) is 29.3 Å². The highest BCUT2D eigenvalue weighted by Gasteiger charge is 2.22. The number of imidazole rings is 4. The number of ketones is 1. The van der Waals surface area contributed by atoms with Gasteiger partial charge in [-0.05, 0) is 91.9 Å². The first-order valence-corrected chi connectivity index (χ1v) is 33.4.